The molecule has 1 heterocycles. The second-order valence-electron chi connectivity index (χ2n) is 4.92. The Morgan fingerprint density at radius 1 is 1.09 bits per heavy atom. The molecule has 0 atom stereocenters. The average Bonchev–Trinajstić information content (AvgIpc) is 2.51. The molecule has 0 radical (unpaired) electrons. The van der Waals surface area contributed by atoms with Crippen molar-refractivity contribution in [3.8, 4) is 0 Å². The second kappa shape index (κ2) is 6.15. The van der Waals surface area contributed by atoms with Gasteiger partial charge in [-0.3, -0.25) is 4.98 Å². The molecule has 3 aromatic rings. The van der Waals surface area contributed by atoms with Crippen LogP contribution in [0.5, 0.6) is 0 Å². The van der Waals surface area contributed by atoms with Crippen LogP contribution in [-0.4, -0.2) is 11.0 Å². The number of halogens is 1. The van der Waals surface area contributed by atoms with Gasteiger partial charge in [0, 0.05) is 21.7 Å². The molecule has 4 nitrogen and oxygen atoms in total. The number of amides is 2. The maximum absolute atomic E-state index is 12.2. The Bertz CT molecular complexity index is 843. The van der Waals surface area contributed by atoms with Crippen molar-refractivity contribution in [3.63, 3.8) is 0 Å². The Morgan fingerprint density at radius 2 is 1.91 bits per heavy atom. The monoisotopic (exact) mass is 355 g/mol. The minimum absolute atomic E-state index is 0.292. The number of rotatable bonds is 2. The predicted molar refractivity (Wildman–Crippen MR) is 93.3 cm³/mol. The largest absolute Gasteiger partial charge is 0.323 e. The van der Waals surface area contributed by atoms with Crippen molar-refractivity contribution in [1.29, 1.82) is 0 Å². The van der Waals surface area contributed by atoms with Gasteiger partial charge in [0.25, 0.3) is 0 Å². The van der Waals surface area contributed by atoms with Gasteiger partial charge in [-0.25, -0.2) is 4.79 Å². The first-order valence-corrected chi connectivity index (χ1v) is 7.61. The number of anilines is 2. The number of benzene rings is 2. The van der Waals surface area contributed by atoms with E-state index in [9.17, 15) is 4.79 Å². The number of hydrogen-bond acceptors (Lipinski definition) is 2. The van der Waals surface area contributed by atoms with Crippen LogP contribution in [0.25, 0.3) is 10.9 Å². The van der Waals surface area contributed by atoms with Crippen molar-refractivity contribution in [2.45, 2.75) is 6.92 Å². The number of carbonyl (C=O) groups excluding carboxylic acids is 1. The lowest BCUT2D eigenvalue weighted by Crippen LogP contribution is -2.19. The number of fused-ring (bicyclic) bond motifs is 1. The van der Waals surface area contributed by atoms with Crippen LogP contribution in [-0.2, 0) is 0 Å². The molecule has 0 saturated heterocycles. The van der Waals surface area contributed by atoms with Gasteiger partial charge in [-0.05, 0) is 42.8 Å². The molecule has 0 aliphatic rings. The number of nitrogens with one attached hydrogen (secondary N) is 2. The van der Waals surface area contributed by atoms with E-state index in [1.807, 2.05) is 55.5 Å². The maximum atomic E-state index is 12.2. The Labute approximate surface area is 136 Å². The predicted octanol–water partition coefficient (Wildman–Crippen LogP) is 4.95. The first kappa shape index (κ1) is 14.5. The quantitative estimate of drug-likeness (QED) is 0.683. The molecule has 22 heavy (non-hydrogen) atoms. The summed E-state index contributed by atoms with van der Waals surface area (Å²) in [4.78, 5) is 16.5. The summed E-state index contributed by atoms with van der Waals surface area (Å²) in [7, 11) is 0. The highest BCUT2D eigenvalue weighted by atomic mass is 79.9. The Morgan fingerprint density at radius 3 is 2.73 bits per heavy atom. The molecule has 0 aliphatic carbocycles. The fraction of sp³-hybridized carbons (Fsp3) is 0.0588. The van der Waals surface area contributed by atoms with E-state index in [-0.39, 0.29) is 6.03 Å². The molecule has 1 aromatic heterocycles. The fourth-order valence-corrected chi connectivity index (χ4v) is 2.46. The number of aromatic nitrogens is 1. The van der Waals surface area contributed by atoms with Crippen LogP contribution in [0.3, 0.4) is 0 Å². The number of carbonyl (C=O) groups is 1. The maximum Gasteiger partial charge on any atom is 0.323 e. The Kier molecular flexibility index (Phi) is 4.06. The summed E-state index contributed by atoms with van der Waals surface area (Å²) in [6.07, 6.45) is 1.71. The van der Waals surface area contributed by atoms with Gasteiger partial charge in [0.15, 0.2) is 0 Å². The summed E-state index contributed by atoms with van der Waals surface area (Å²) in [5.41, 5.74) is 3.26. The minimum atomic E-state index is -0.292. The standard InChI is InChI=1S/C17H14BrN3O/c1-11-10-13(7-8-14(11)18)20-17(22)21-15-6-2-4-12-5-3-9-19-16(12)15/h2-10H,1H3,(H2,20,21,22). The van der Waals surface area contributed by atoms with Crippen LogP contribution in [0, 0.1) is 6.92 Å². The zero-order chi connectivity index (χ0) is 15.5. The third-order valence-electron chi connectivity index (χ3n) is 3.30. The van der Waals surface area contributed by atoms with Crippen molar-refractivity contribution in [2.24, 2.45) is 0 Å². The van der Waals surface area contributed by atoms with E-state index in [1.165, 1.54) is 0 Å². The molecule has 0 aliphatic heterocycles. The van der Waals surface area contributed by atoms with Gasteiger partial charge in [-0.15, -0.1) is 0 Å². The highest BCUT2D eigenvalue weighted by Crippen LogP contribution is 2.22. The first-order chi connectivity index (χ1) is 10.6. The van der Waals surface area contributed by atoms with E-state index in [4.69, 9.17) is 0 Å². The summed E-state index contributed by atoms with van der Waals surface area (Å²) >= 11 is 3.44. The summed E-state index contributed by atoms with van der Waals surface area (Å²) in [5.74, 6) is 0. The lowest BCUT2D eigenvalue weighted by Gasteiger charge is -2.10. The molecule has 2 amide bonds. The van der Waals surface area contributed by atoms with Crippen molar-refractivity contribution in [2.75, 3.05) is 10.6 Å². The normalized spacial score (nSPS) is 10.5. The van der Waals surface area contributed by atoms with E-state index < -0.39 is 0 Å². The molecule has 0 saturated carbocycles. The number of aryl methyl sites for hydroxylation is 1. The number of nitrogens with zero attached hydrogens (tertiary/aromatic N) is 1. The zero-order valence-corrected chi connectivity index (χ0v) is 13.5. The first-order valence-electron chi connectivity index (χ1n) is 6.81. The van der Waals surface area contributed by atoms with Crippen LogP contribution in [0.4, 0.5) is 16.2 Å². The highest BCUT2D eigenvalue weighted by Gasteiger charge is 2.07. The van der Waals surface area contributed by atoms with Gasteiger partial charge in [-0.2, -0.15) is 0 Å². The molecular weight excluding hydrogens is 342 g/mol. The van der Waals surface area contributed by atoms with Crippen LogP contribution >= 0.6 is 15.9 Å². The fourth-order valence-electron chi connectivity index (χ4n) is 2.21. The van der Waals surface area contributed by atoms with Crippen LogP contribution in [0.1, 0.15) is 5.56 Å². The van der Waals surface area contributed by atoms with E-state index in [0.29, 0.717) is 5.69 Å². The Balaban J connectivity index is 1.80. The van der Waals surface area contributed by atoms with Gasteiger partial charge in [0.2, 0.25) is 0 Å². The van der Waals surface area contributed by atoms with Crippen molar-refractivity contribution in [1.82, 2.24) is 4.98 Å². The molecule has 5 heteroatoms. The summed E-state index contributed by atoms with van der Waals surface area (Å²) in [6, 6.07) is 14.9. The van der Waals surface area contributed by atoms with Crippen molar-refractivity contribution >= 4 is 44.2 Å². The highest BCUT2D eigenvalue weighted by molar-refractivity contribution is 9.10. The van der Waals surface area contributed by atoms with Crippen molar-refractivity contribution in [3.05, 3.63) is 64.8 Å². The van der Waals surface area contributed by atoms with Crippen molar-refractivity contribution < 1.29 is 4.79 Å². The van der Waals surface area contributed by atoms with E-state index >= 15 is 0 Å². The number of pyridine rings is 1. The zero-order valence-electron chi connectivity index (χ0n) is 11.9. The molecular formula is C17H14BrN3O. The topological polar surface area (TPSA) is 54.0 Å². The molecule has 0 spiro atoms. The third kappa shape index (κ3) is 3.09. The van der Waals surface area contributed by atoms with Crippen LogP contribution in [0.2, 0.25) is 0 Å². The minimum Gasteiger partial charge on any atom is -0.308 e. The molecule has 3 rings (SSSR count). The molecule has 2 aromatic carbocycles. The summed E-state index contributed by atoms with van der Waals surface area (Å²) in [5, 5.41) is 6.65. The SMILES string of the molecule is Cc1cc(NC(=O)Nc2cccc3cccnc23)ccc1Br. The molecule has 110 valence electrons. The molecule has 0 unspecified atom stereocenters. The lowest BCUT2D eigenvalue weighted by atomic mass is 10.2. The third-order valence-corrected chi connectivity index (χ3v) is 4.19. The second-order valence-corrected chi connectivity index (χ2v) is 5.78. The van der Waals surface area contributed by atoms with Gasteiger partial charge >= 0.3 is 6.03 Å². The molecule has 0 bridgehead atoms. The van der Waals surface area contributed by atoms with Gasteiger partial charge in [-0.1, -0.05) is 34.1 Å². The van der Waals surface area contributed by atoms with E-state index in [1.54, 1.807) is 6.20 Å². The van der Waals surface area contributed by atoms with Gasteiger partial charge in [0.1, 0.15) is 0 Å². The number of hydrogen-bond donors (Lipinski definition) is 2. The number of para-hydroxylation sites is 1. The number of urea groups is 1. The Hall–Kier alpha value is -2.40. The average molecular weight is 356 g/mol. The summed E-state index contributed by atoms with van der Waals surface area (Å²) in [6.45, 7) is 1.97. The van der Waals surface area contributed by atoms with Crippen LogP contribution in [0.15, 0.2) is 59.2 Å². The van der Waals surface area contributed by atoms with E-state index in [0.717, 1.165) is 26.6 Å². The molecule has 2 N–H and O–H groups in total. The van der Waals surface area contributed by atoms with Gasteiger partial charge in [0.05, 0.1) is 11.2 Å². The molecule has 0 fully saturated rings. The summed E-state index contributed by atoms with van der Waals surface area (Å²) < 4.78 is 1.01. The smallest absolute Gasteiger partial charge is 0.308 e. The van der Waals surface area contributed by atoms with Crippen LogP contribution < -0.4 is 10.6 Å². The van der Waals surface area contributed by atoms with E-state index in [2.05, 4.69) is 31.5 Å². The lowest BCUT2D eigenvalue weighted by molar-refractivity contribution is 0.262. The van der Waals surface area contributed by atoms with Gasteiger partial charge < -0.3 is 10.6 Å².